The average molecular weight is 229 g/mol. The Labute approximate surface area is 100.0 Å². The summed E-state index contributed by atoms with van der Waals surface area (Å²) in [6.45, 7) is 6.01. The summed E-state index contributed by atoms with van der Waals surface area (Å²) >= 11 is 0. The first-order valence-electron chi connectivity index (χ1n) is 5.54. The maximum absolute atomic E-state index is 11.0. The zero-order chi connectivity index (χ0) is 12.3. The van der Waals surface area contributed by atoms with Crippen molar-refractivity contribution in [1.82, 2.24) is 14.7 Å². The molecule has 17 heavy (non-hydrogen) atoms. The van der Waals surface area contributed by atoms with Crippen molar-refractivity contribution in [1.29, 1.82) is 0 Å². The van der Waals surface area contributed by atoms with E-state index < -0.39 is 0 Å². The van der Waals surface area contributed by atoms with E-state index in [2.05, 4.69) is 16.9 Å². The molecule has 2 heterocycles. The highest BCUT2D eigenvalue weighted by molar-refractivity contribution is 5.86. The molecule has 88 valence electrons. The third-order valence-corrected chi connectivity index (χ3v) is 2.59. The largest absolute Gasteiger partial charge is 0.352 e. The van der Waals surface area contributed by atoms with Gasteiger partial charge in [0.05, 0.1) is 5.69 Å². The summed E-state index contributed by atoms with van der Waals surface area (Å²) in [4.78, 5) is 15.5. The van der Waals surface area contributed by atoms with E-state index in [1.807, 2.05) is 35.9 Å². The lowest BCUT2D eigenvalue weighted by atomic mass is 10.3. The van der Waals surface area contributed by atoms with Crippen LogP contribution in [0.2, 0.25) is 0 Å². The molecular weight excluding hydrogens is 214 g/mol. The minimum Gasteiger partial charge on any atom is -0.352 e. The molecule has 2 aromatic rings. The predicted molar refractivity (Wildman–Crippen MR) is 66.8 cm³/mol. The zero-order valence-electron chi connectivity index (χ0n) is 9.81. The molecule has 4 nitrogen and oxygen atoms in total. The Morgan fingerprint density at radius 3 is 3.18 bits per heavy atom. The summed E-state index contributed by atoms with van der Waals surface area (Å²) in [5.41, 5.74) is 3.09. The summed E-state index contributed by atoms with van der Waals surface area (Å²) in [7, 11) is 0. The third-order valence-electron chi connectivity index (χ3n) is 2.59. The van der Waals surface area contributed by atoms with Crippen molar-refractivity contribution in [3.63, 3.8) is 0 Å². The van der Waals surface area contributed by atoms with Crippen LogP contribution in [0, 0.1) is 6.92 Å². The first-order chi connectivity index (χ1) is 8.20. The number of hydrogen-bond acceptors (Lipinski definition) is 2. The topological polar surface area (TPSA) is 46.4 Å². The molecular formula is C13H15N3O. The molecule has 0 unspecified atom stereocenters. The van der Waals surface area contributed by atoms with E-state index in [0.29, 0.717) is 6.54 Å². The molecule has 0 aromatic carbocycles. The number of amides is 1. The van der Waals surface area contributed by atoms with Crippen LogP contribution >= 0.6 is 0 Å². The Balaban J connectivity index is 2.07. The average Bonchev–Trinajstić information content (AvgIpc) is 2.73. The maximum atomic E-state index is 11.0. The van der Waals surface area contributed by atoms with Crippen LogP contribution in [0.4, 0.5) is 0 Å². The van der Waals surface area contributed by atoms with Gasteiger partial charge in [0, 0.05) is 25.4 Å². The second kappa shape index (κ2) is 4.82. The van der Waals surface area contributed by atoms with Crippen LogP contribution in [-0.4, -0.2) is 21.8 Å². The van der Waals surface area contributed by atoms with E-state index in [1.54, 1.807) is 0 Å². The fraction of sp³-hybridized carbons (Fsp3) is 0.231. The lowest BCUT2D eigenvalue weighted by Crippen LogP contribution is -2.23. The van der Waals surface area contributed by atoms with Gasteiger partial charge in [-0.1, -0.05) is 12.6 Å². The molecule has 4 heteroatoms. The molecule has 0 saturated heterocycles. The Morgan fingerprint density at radius 1 is 1.65 bits per heavy atom. The van der Waals surface area contributed by atoms with Gasteiger partial charge in [-0.15, -0.1) is 0 Å². The van der Waals surface area contributed by atoms with Gasteiger partial charge in [-0.2, -0.15) is 0 Å². The molecule has 0 aliphatic heterocycles. The van der Waals surface area contributed by atoms with E-state index in [-0.39, 0.29) is 5.91 Å². The van der Waals surface area contributed by atoms with Crippen LogP contribution in [0.1, 0.15) is 11.3 Å². The highest BCUT2D eigenvalue weighted by atomic mass is 16.1. The van der Waals surface area contributed by atoms with E-state index in [9.17, 15) is 4.79 Å². The van der Waals surface area contributed by atoms with E-state index in [4.69, 9.17) is 0 Å². The number of pyridine rings is 1. The SMILES string of the molecule is C=CC(=O)NCCc1cn2cccc(C)c2n1. The first kappa shape index (κ1) is 11.4. The van der Waals surface area contributed by atoms with Gasteiger partial charge in [0.25, 0.3) is 0 Å². The van der Waals surface area contributed by atoms with E-state index in [1.165, 1.54) is 6.08 Å². The monoisotopic (exact) mass is 229 g/mol. The van der Waals surface area contributed by atoms with Gasteiger partial charge in [-0.25, -0.2) is 4.98 Å². The second-order valence-corrected chi connectivity index (χ2v) is 3.90. The number of rotatable bonds is 4. The standard InChI is InChI=1S/C13H15N3O/c1-3-12(17)14-7-6-11-9-16-8-4-5-10(2)13(16)15-11/h3-5,8-9H,1,6-7H2,2H3,(H,14,17). The highest BCUT2D eigenvalue weighted by Gasteiger charge is 2.03. The first-order valence-corrected chi connectivity index (χ1v) is 5.54. The number of fused-ring (bicyclic) bond motifs is 1. The molecule has 2 aromatic heterocycles. The molecule has 0 saturated carbocycles. The highest BCUT2D eigenvalue weighted by Crippen LogP contribution is 2.09. The van der Waals surface area contributed by atoms with Gasteiger partial charge >= 0.3 is 0 Å². The molecule has 0 aliphatic rings. The van der Waals surface area contributed by atoms with E-state index >= 15 is 0 Å². The molecule has 0 bridgehead atoms. The molecule has 0 atom stereocenters. The molecule has 0 aliphatic carbocycles. The number of carbonyl (C=O) groups excluding carboxylic acids is 1. The van der Waals surface area contributed by atoms with Crippen LogP contribution in [0.15, 0.2) is 37.2 Å². The van der Waals surface area contributed by atoms with Gasteiger partial charge in [0.2, 0.25) is 5.91 Å². The summed E-state index contributed by atoms with van der Waals surface area (Å²) in [5.74, 6) is -0.148. The zero-order valence-corrected chi connectivity index (χ0v) is 9.81. The second-order valence-electron chi connectivity index (χ2n) is 3.90. The minimum absolute atomic E-state index is 0.148. The Kier molecular flexibility index (Phi) is 3.23. The van der Waals surface area contributed by atoms with Crippen molar-refractivity contribution in [2.24, 2.45) is 0 Å². The fourth-order valence-corrected chi connectivity index (χ4v) is 1.71. The van der Waals surface area contributed by atoms with Crippen LogP contribution in [0.3, 0.4) is 0 Å². The normalized spacial score (nSPS) is 10.4. The maximum Gasteiger partial charge on any atom is 0.243 e. The smallest absolute Gasteiger partial charge is 0.243 e. The number of imidazole rings is 1. The van der Waals surface area contributed by atoms with Gasteiger partial charge in [-0.05, 0) is 24.6 Å². The number of aromatic nitrogens is 2. The van der Waals surface area contributed by atoms with E-state index in [0.717, 1.165) is 23.3 Å². The minimum atomic E-state index is -0.148. The molecule has 0 fully saturated rings. The van der Waals surface area contributed by atoms with Crippen LogP contribution in [0.5, 0.6) is 0 Å². The third kappa shape index (κ3) is 2.53. The Hall–Kier alpha value is -2.10. The molecule has 0 spiro atoms. The lowest BCUT2D eigenvalue weighted by Gasteiger charge is -1.98. The van der Waals surface area contributed by atoms with Crippen LogP contribution in [0.25, 0.3) is 5.65 Å². The summed E-state index contributed by atoms with van der Waals surface area (Å²) < 4.78 is 2.00. The van der Waals surface area contributed by atoms with Gasteiger partial charge in [0.15, 0.2) is 0 Å². The van der Waals surface area contributed by atoms with Crippen molar-refractivity contribution in [3.05, 3.63) is 48.4 Å². The summed E-state index contributed by atoms with van der Waals surface area (Å²) in [6.07, 6.45) is 5.96. The number of carbonyl (C=O) groups is 1. The van der Waals surface area contributed by atoms with Gasteiger partial charge in [0.1, 0.15) is 5.65 Å². The molecule has 0 radical (unpaired) electrons. The number of nitrogens with zero attached hydrogens (tertiary/aromatic N) is 2. The Bertz CT molecular complexity index is 557. The van der Waals surface area contributed by atoms with Gasteiger partial charge in [-0.3, -0.25) is 4.79 Å². The van der Waals surface area contributed by atoms with Crippen molar-refractivity contribution in [2.45, 2.75) is 13.3 Å². The van der Waals surface area contributed by atoms with Crippen molar-refractivity contribution in [3.8, 4) is 0 Å². The fourth-order valence-electron chi connectivity index (χ4n) is 1.71. The number of hydrogen-bond donors (Lipinski definition) is 1. The van der Waals surface area contributed by atoms with Crippen molar-refractivity contribution < 1.29 is 4.79 Å². The quantitative estimate of drug-likeness (QED) is 0.807. The van der Waals surface area contributed by atoms with Crippen molar-refractivity contribution in [2.75, 3.05) is 6.54 Å². The van der Waals surface area contributed by atoms with Crippen LogP contribution in [-0.2, 0) is 11.2 Å². The van der Waals surface area contributed by atoms with Crippen molar-refractivity contribution >= 4 is 11.6 Å². The van der Waals surface area contributed by atoms with Gasteiger partial charge < -0.3 is 9.72 Å². The number of nitrogens with one attached hydrogen (secondary N) is 1. The number of aryl methyl sites for hydroxylation is 1. The predicted octanol–water partition coefficient (Wildman–Crippen LogP) is 1.49. The summed E-state index contributed by atoms with van der Waals surface area (Å²) in [6, 6.07) is 4.03. The lowest BCUT2D eigenvalue weighted by molar-refractivity contribution is -0.116. The summed E-state index contributed by atoms with van der Waals surface area (Å²) in [5, 5.41) is 2.73. The van der Waals surface area contributed by atoms with Crippen LogP contribution < -0.4 is 5.32 Å². The molecule has 2 rings (SSSR count). The Morgan fingerprint density at radius 2 is 2.47 bits per heavy atom. The molecule has 1 N–H and O–H groups in total. The molecule has 1 amide bonds.